The molecule has 0 aliphatic carbocycles. The number of nitrogens with zero attached hydrogens (tertiary/aromatic N) is 6. The summed E-state index contributed by atoms with van der Waals surface area (Å²) in [6.45, 7) is -3.57. The van der Waals surface area contributed by atoms with Gasteiger partial charge >= 0.3 is 40.7 Å². The summed E-state index contributed by atoms with van der Waals surface area (Å²) < 4.78 is 34.5. The van der Waals surface area contributed by atoms with Crippen molar-refractivity contribution in [2.24, 2.45) is 0 Å². The highest BCUT2D eigenvalue weighted by Gasteiger charge is 2.31. The van der Waals surface area contributed by atoms with Crippen LogP contribution in [0.3, 0.4) is 0 Å². The fraction of sp³-hybridized carbons (Fsp3) is 0.500. The molecule has 0 amide bonds. The molecule has 1 rings (SSSR count). The molecule has 0 atom stereocenters. The van der Waals surface area contributed by atoms with E-state index >= 15 is 0 Å². The van der Waals surface area contributed by atoms with Crippen LogP contribution in [0.5, 0.6) is 0 Å². The zero-order valence-electron chi connectivity index (χ0n) is 17.7. The summed E-state index contributed by atoms with van der Waals surface area (Å²) in [6.07, 6.45) is -4.05. The first-order chi connectivity index (χ1) is 16.1. The van der Waals surface area contributed by atoms with E-state index in [1.54, 1.807) is 0 Å². The molecule has 9 N–H and O–H groups in total. The Morgan fingerprint density at radius 2 is 0.722 bits per heavy atom. The third-order valence-electron chi connectivity index (χ3n) is 3.49. The van der Waals surface area contributed by atoms with E-state index in [1.165, 1.54) is 0 Å². The summed E-state index contributed by atoms with van der Waals surface area (Å²) in [5.41, 5.74) is 0. The molecule has 21 nitrogen and oxygen atoms in total. The molecule has 0 aliphatic rings. The van der Waals surface area contributed by atoms with Crippen LogP contribution in [0.1, 0.15) is 0 Å². The third kappa shape index (κ3) is 12.3. The van der Waals surface area contributed by atoms with Crippen molar-refractivity contribution in [1.82, 2.24) is 15.0 Å². The van der Waals surface area contributed by atoms with Gasteiger partial charge in [-0.3, -0.25) is 28.1 Å². The van der Waals surface area contributed by atoms with Crippen LogP contribution in [0.2, 0.25) is 0 Å². The topological polar surface area (TPSA) is 333 Å². The van der Waals surface area contributed by atoms with Crippen LogP contribution in [-0.4, -0.2) is 116 Å². The molecule has 204 valence electrons. The van der Waals surface area contributed by atoms with Crippen LogP contribution in [0.25, 0.3) is 0 Å². The second-order valence-electron chi connectivity index (χ2n) is 6.93. The fourth-order valence-corrected chi connectivity index (χ4v) is 4.49. The molecule has 0 saturated carbocycles. The Bertz CT molecular complexity index is 981. The lowest BCUT2D eigenvalue weighted by Gasteiger charge is -2.27. The van der Waals surface area contributed by atoms with E-state index in [4.69, 9.17) is 15.3 Å². The Labute approximate surface area is 200 Å². The van der Waals surface area contributed by atoms with Crippen LogP contribution in [-0.2, 0) is 28.1 Å². The Balaban J connectivity index is 3.89. The molecule has 0 spiro atoms. The average molecular weight is 582 g/mol. The molecule has 1 aromatic heterocycles. The lowest BCUT2D eigenvalue weighted by Crippen LogP contribution is -2.37. The lowest BCUT2D eigenvalue weighted by atomic mass is 10.5. The average Bonchev–Trinajstić information content (AvgIpc) is 2.61. The minimum absolute atomic E-state index is 0.338. The quantitative estimate of drug-likeness (QED) is 0.0927. The van der Waals surface area contributed by atoms with Crippen LogP contribution in [0.15, 0.2) is 0 Å². The van der Waals surface area contributed by atoms with Crippen LogP contribution in [0.4, 0.5) is 17.8 Å². The Morgan fingerprint density at radius 1 is 0.528 bits per heavy atom. The number of aliphatic carboxylic acids is 3. The first-order valence-corrected chi connectivity index (χ1v) is 14.3. The summed E-state index contributed by atoms with van der Waals surface area (Å²) in [4.78, 5) is 101. The van der Waals surface area contributed by atoms with Gasteiger partial charge in [-0.25, -0.2) is 0 Å². The molecular weight excluding hydrogens is 561 g/mol. The molecule has 36 heavy (non-hydrogen) atoms. The van der Waals surface area contributed by atoms with E-state index in [1.807, 2.05) is 0 Å². The highest BCUT2D eigenvalue weighted by molar-refractivity contribution is 7.52. The molecule has 0 bridgehead atoms. The Morgan fingerprint density at radius 3 is 0.861 bits per heavy atom. The molecule has 1 aromatic rings. The summed E-state index contributed by atoms with van der Waals surface area (Å²) in [5, 5.41) is 27.3. The molecule has 1 heterocycles. The summed E-state index contributed by atoms with van der Waals surface area (Å²) in [7, 11) is -15.1. The maximum absolute atomic E-state index is 11.5. The minimum atomic E-state index is -5.04. The highest BCUT2D eigenvalue weighted by Crippen LogP contribution is 2.39. The van der Waals surface area contributed by atoms with Gasteiger partial charge in [0.05, 0.1) is 0 Å². The molecule has 0 unspecified atom stereocenters. The monoisotopic (exact) mass is 582 g/mol. The zero-order chi connectivity index (χ0) is 28.1. The van der Waals surface area contributed by atoms with Crippen molar-refractivity contribution in [2.45, 2.75) is 0 Å². The smallest absolute Gasteiger partial charge is 0.344 e. The molecule has 0 saturated heterocycles. The van der Waals surface area contributed by atoms with Gasteiger partial charge < -0.3 is 59.4 Å². The first-order valence-electron chi connectivity index (χ1n) is 8.95. The minimum Gasteiger partial charge on any atom is -0.480 e. The van der Waals surface area contributed by atoms with E-state index < -0.39 is 97.0 Å². The van der Waals surface area contributed by atoms with Crippen LogP contribution in [0, 0.1) is 0 Å². The molecular formula is C12H21N6O15P3. The van der Waals surface area contributed by atoms with Crippen molar-refractivity contribution in [2.75, 3.05) is 53.2 Å². The predicted octanol–water partition coefficient (Wildman–Crippen LogP) is -3.05. The first kappa shape index (κ1) is 31.3. The standard InChI is InChI=1S/C12H21N6O15P3/c19-7(20)1-16(4-34(25,26)27)10-13-11(17(2-8(21)22)5-35(28,29)30)15-12(14-10)18(3-9(23)24)6-36(31,32)33/h1-6H2,(H,19,20)(H,21,22)(H,23,24)(H2,25,26,27)(H2,28,29,30)(H2,31,32,33). The van der Waals surface area contributed by atoms with Crippen molar-refractivity contribution in [1.29, 1.82) is 0 Å². The third-order valence-corrected chi connectivity index (χ3v) is 5.62. The summed E-state index contributed by atoms with van der Waals surface area (Å²) >= 11 is 0. The molecule has 24 heteroatoms. The molecule has 0 radical (unpaired) electrons. The summed E-state index contributed by atoms with van der Waals surface area (Å²) in [5.74, 6) is -7.90. The van der Waals surface area contributed by atoms with E-state index in [0.717, 1.165) is 0 Å². The number of hydrogen-bond donors (Lipinski definition) is 9. The van der Waals surface area contributed by atoms with Gasteiger partial charge in [-0.15, -0.1) is 0 Å². The maximum atomic E-state index is 11.5. The Hall–Kier alpha value is -2.73. The van der Waals surface area contributed by atoms with Crippen molar-refractivity contribution in [3.63, 3.8) is 0 Å². The Kier molecular flexibility index (Phi) is 10.4. The van der Waals surface area contributed by atoms with E-state index in [-0.39, 0.29) is 0 Å². The maximum Gasteiger partial charge on any atom is 0.344 e. The van der Waals surface area contributed by atoms with Gasteiger partial charge in [-0.2, -0.15) is 15.0 Å². The van der Waals surface area contributed by atoms with Crippen molar-refractivity contribution < 1.29 is 72.8 Å². The van der Waals surface area contributed by atoms with Crippen LogP contribution < -0.4 is 14.7 Å². The van der Waals surface area contributed by atoms with Gasteiger partial charge in [0.1, 0.15) is 38.5 Å². The molecule has 0 aromatic carbocycles. The molecule has 0 fully saturated rings. The summed E-state index contributed by atoms with van der Waals surface area (Å²) in [6, 6.07) is 0. The second-order valence-corrected chi connectivity index (χ2v) is 11.8. The van der Waals surface area contributed by atoms with E-state index in [2.05, 4.69) is 15.0 Å². The lowest BCUT2D eigenvalue weighted by molar-refractivity contribution is -0.136. The number of carboxylic acid groups (broad SMARTS) is 3. The number of anilines is 3. The SMILES string of the molecule is O=C(O)CN(CP(=O)(O)O)c1nc(N(CC(=O)O)CP(=O)(O)O)nc(N(CC(=O)O)CP(=O)(O)O)n1. The van der Waals surface area contributed by atoms with Crippen molar-refractivity contribution in [3.8, 4) is 0 Å². The highest BCUT2D eigenvalue weighted by atomic mass is 31.2. The van der Waals surface area contributed by atoms with Gasteiger partial charge in [-0.1, -0.05) is 0 Å². The van der Waals surface area contributed by atoms with Gasteiger partial charge in [0.2, 0.25) is 17.8 Å². The number of carbonyl (C=O) groups is 3. The van der Waals surface area contributed by atoms with Gasteiger partial charge in [0.25, 0.3) is 0 Å². The second kappa shape index (κ2) is 12.0. The van der Waals surface area contributed by atoms with Crippen LogP contribution >= 0.6 is 22.8 Å². The van der Waals surface area contributed by atoms with E-state index in [0.29, 0.717) is 14.7 Å². The number of rotatable bonds is 15. The number of aromatic nitrogens is 3. The van der Waals surface area contributed by atoms with Gasteiger partial charge in [0, 0.05) is 0 Å². The van der Waals surface area contributed by atoms with Crippen molar-refractivity contribution >= 4 is 58.5 Å². The molecule has 0 aliphatic heterocycles. The largest absolute Gasteiger partial charge is 0.480 e. The fourth-order valence-electron chi connectivity index (χ4n) is 2.48. The normalized spacial score (nSPS) is 12.2. The van der Waals surface area contributed by atoms with Gasteiger partial charge in [-0.05, 0) is 0 Å². The number of carboxylic acids is 3. The number of hydrogen-bond acceptors (Lipinski definition) is 12. The zero-order valence-corrected chi connectivity index (χ0v) is 20.4. The van der Waals surface area contributed by atoms with E-state index in [9.17, 15) is 57.4 Å². The predicted molar refractivity (Wildman–Crippen MR) is 116 cm³/mol. The van der Waals surface area contributed by atoms with Crippen molar-refractivity contribution in [3.05, 3.63) is 0 Å². The van der Waals surface area contributed by atoms with Gasteiger partial charge in [0.15, 0.2) is 0 Å².